The van der Waals surface area contributed by atoms with Gasteiger partial charge in [-0.15, -0.1) is 0 Å². The average Bonchev–Trinajstić information content (AvgIpc) is 3.07. The van der Waals surface area contributed by atoms with Gasteiger partial charge in [0, 0.05) is 4.47 Å². The van der Waals surface area contributed by atoms with Gasteiger partial charge in [0.25, 0.3) is 0 Å². The molecule has 3 aliphatic rings. The minimum atomic E-state index is 0.333. The van der Waals surface area contributed by atoms with E-state index in [4.69, 9.17) is 4.99 Å². The molecule has 2 aliphatic carbocycles. The Morgan fingerprint density at radius 1 is 1.44 bits per heavy atom. The highest BCUT2D eigenvalue weighted by Gasteiger charge is 2.70. The predicted octanol–water partition coefficient (Wildman–Crippen LogP) is 2.99. The van der Waals surface area contributed by atoms with Crippen molar-refractivity contribution >= 4 is 39.5 Å². The number of hydrogen-bond acceptors (Lipinski definition) is 2. The molecule has 0 spiro atoms. The summed E-state index contributed by atoms with van der Waals surface area (Å²) in [7, 11) is 0. The van der Waals surface area contributed by atoms with Crippen molar-refractivity contribution in [2.75, 3.05) is 5.32 Å². The minimum Gasteiger partial charge on any atom is -0.325 e. The van der Waals surface area contributed by atoms with Crippen LogP contribution in [0.25, 0.3) is 0 Å². The Labute approximate surface area is 106 Å². The van der Waals surface area contributed by atoms with Crippen molar-refractivity contribution in [1.29, 1.82) is 0 Å². The molecule has 1 aromatic carbocycles. The number of nitrogens with one attached hydrogen (secondary N) is 2. The molecule has 1 aliphatic heterocycles. The summed E-state index contributed by atoms with van der Waals surface area (Å²) in [6.07, 6.45) is 2.58. The highest BCUT2D eigenvalue weighted by Crippen LogP contribution is 2.69. The molecule has 0 saturated heterocycles. The summed E-state index contributed by atoms with van der Waals surface area (Å²) in [6, 6.07) is 6.17. The van der Waals surface area contributed by atoms with Gasteiger partial charge in [0.2, 0.25) is 5.96 Å². The number of benzene rings is 1. The molecular formula is C11H10BrN3S. The Morgan fingerprint density at radius 2 is 2.25 bits per heavy atom. The lowest BCUT2D eigenvalue weighted by Crippen LogP contribution is -2.30. The number of fused-ring (bicyclic) bond motifs is 2. The van der Waals surface area contributed by atoms with Crippen LogP contribution in [0.15, 0.2) is 32.6 Å². The SMILES string of the molecule is Brc1cccc2c1SNC(=NC13CC1C3)N2. The van der Waals surface area contributed by atoms with Crippen LogP contribution in [0.3, 0.4) is 0 Å². The first-order chi connectivity index (χ1) is 7.77. The fourth-order valence-electron chi connectivity index (χ4n) is 2.10. The van der Waals surface area contributed by atoms with Crippen molar-refractivity contribution in [2.24, 2.45) is 10.9 Å². The monoisotopic (exact) mass is 295 g/mol. The molecule has 1 heterocycles. The molecule has 4 rings (SSSR count). The first-order valence-corrected chi connectivity index (χ1v) is 6.96. The van der Waals surface area contributed by atoms with Crippen LogP contribution in [0.2, 0.25) is 0 Å². The summed E-state index contributed by atoms with van der Waals surface area (Å²) in [4.78, 5) is 5.94. The Bertz CT molecular complexity index is 508. The zero-order valence-corrected chi connectivity index (χ0v) is 10.9. The molecule has 3 nitrogen and oxygen atoms in total. The third kappa shape index (κ3) is 1.31. The van der Waals surface area contributed by atoms with Gasteiger partial charge in [-0.2, -0.15) is 0 Å². The molecule has 0 bridgehead atoms. The molecule has 0 unspecified atom stereocenters. The van der Waals surface area contributed by atoms with Gasteiger partial charge in [0.1, 0.15) is 0 Å². The van der Waals surface area contributed by atoms with Gasteiger partial charge in [-0.05, 0) is 58.8 Å². The Hall–Kier alpha value is -0.680. The molecule has 1 aromatic rings. The van der Waals surface area contributed by atoms with E-state index in [1.54, 1.807) is 11.9 Å². The number of anilines is 1. The maximum Gasteiger partial charge on any atom is 0.206 e. The van der Waals surface area contributed by atoms with Gasteiger partial charge in [0.15, 0.2) is 0 Å². The highest BCUT2D eigenvalue weighted by molar-refractivity contribution is 9.10. The van der Waals surface area contributed by atoms with Crippen LogP contribution in [-0.2, 0) is 0 Å². The molecule has 2 saturated carbocycles. The van der Waals surface area contributed by atoms with Crippen LogP contribution < -0.4 is 10.0 Å². The highest BCUT2D eigenvalue weighted by atomic mass is 79.9. The molecule has 0 aromatic heterocycles. The molecule has 0 radical (unpaired) electrons. The zero-order chi connectivity index (χ0) is 10.8. The van der Waals surface area contributed by atoms with Crippen LogP contribution in [0.4, 0.5) is 5.69 Å². The lowest BCUT2D eigenvalue weighted by Gasteiger charge is -2.21. The van der Waals surface area contributed by atoms with Crippen molar-refractivity contribution < 1.29 is 0 Å². The number of aliphatic imine (C=N–C) groups is 1. The normalized spacial score (nSPS) is 35.8. The van der Waals surface area contributed by atoms with E-state index in [-0.39, 0.29) is 0 Å². The van der Waals surface area contributed by atoms with Crippen LogP contribution in [0.5, 0.6) is 0 Å². The molecule has 0 atom stereocenters. The van der Waals surface area contributed by atoms with Crippen LogP contribution in [0.1, 0.15) is 12.8 Å². The predicted molar refractivity (Wildman–Crippen MR) is 69.6 cm³/mol. The van der Waals surface area contributed by atoms with Gasteiger partial charge < -0.3 is 5.32 Å². The maximum absolute atomic E-state index is 4.74. The van der Waals surface area contributed by atoms with Gasteiger partial charge >= 0.3 is 0 Å². The number of halogens is 1. The lowest BCUT2D eigenvalue weighted by molar-refractivity contribution is 0.801. The Kier molecular flexibility index (Phi) is 1.73. The van der Waals surface area contributed by atoms with Gasteiger partial charge in [-0.25, -0.2) is 4.99 Å². The van der Waals surface area contributed by atoms with E-state index in [1.165, 1.54) is 17.7 Å². The third-order valence-corrected chi connectivity index (χ3v) is 5.31. The maximum atomic E-state index is 4.74. The van der Waals surface area contributed by atoms with Gasteiger partial charge in [-0.3, -0.25) is 4.72 Å². The second-order valence-corrected chi connectivity index (χ2v) is 6.29. The second-order valence-electron chi connectivity index (χ2n) is 4.61. The summed E-state index contributed by atoms with van der Waals surface area (Å²) in [6.45, 7) is 0. The van der Waals surface area contributed by atoms with Crippen LogP contribution in [0, 0.1) is 5.92 Å². The number of nitrogens with zero attached hydrogens (tertiary/aromatic N) is 1. The Morgan fingerprint density at radius 3 is 3.00 bits per heavy atom. The van der Waals surface area contributed by atoms with E-state index in [2.05, 4.69) is 32.0 Å². The minimum absolute atomic E-state index is 0.333. The van der Waals surface area contributed by atoms with Crippen molar-refractivity contribution in [3.63, 3.8) is 0 Å². The number of guanidine groups is 1. The van der Waals surface area contributed by atoms with E-state index < -0.39 is 0 Å². The van der Waals surface area contributed by atoms with E-state index in [1.807, 2.05) is 12.1 Å². The summed E-state index contributed by atoms with van der Waals surface area (Å²) in [5, 5.41) is 3.35. The van der Waals surface area contributed by atoms with Crippen molar-refractivity contribution in [3.05, 3.63) is 22.7 Å². The number of rotatable bonds is 1. The standard InChI is InChI=1S/C11H10BrN3S/c12-7-2-1-3-8-9(7)16-15-10(13-8)14-11-4-6(11)5-11/h1-3,6H,4-5H2,(H2,13,14,15). The summed E-state index contributed by atoms with van der Waals surface area (Å²) < 4.78 is 4.38. The summed E-state index contributed by atoms with van der Waals surface area (Å²) >= 11 is 5.16. The van der Waals surface area contributed by atoms with E-state index in [9.17, 15) is 0 Å². The van der Waals surface area contributed by atoms with E-state index in [0.717, 1.165) is 22.0 Å². The number of hydrogen-bond donors (Lipinski definition) is 2. The van der Waals surface area contributed by atoms with Crippen LogP contribution in [-0.4, -0.2) is 11.5 Å². The molecule has 5 heteroatoms. The van der Waals surface area contributed by atoms with Crippen molar-refractivity contribution in [3.8, 4) is 0 Å². The smallest absolute Gasteiger partial charge is 0.206 e. The van der Waals surface area contributed by atoms with E-state index in [0.29, 0.717) is 5.54 Å². The quantitative estimate of drug-likeness (QED) is 0.782. The van der Waals surface area contributed by atoms with Crippen molar-refractivity contribution in [2.45, 2.75) is 23.3 Å². The van der Waals surface area contributed by atoms with Crippen LogP contribution >= 0.6 is 27.9 Å². The second kappa shape index (κ2) is 2.96. The molecule has 82 valence electrons. The molecule has 16 heavy (non-hydrogen) atoms. The first-order valence-electron chi connectivity index (χ1n) is 5.35. The first kappa shape index (κ1) is 9.36. The third-order valence-electron chi connectivity index (χ3n) is 3.44. The lowest BCUT2D eigenvalue weighted by atomic mass is 10.3. The fraction of sp³-hybridized carbons (Fsp3) is 0.364. The largest absolute Gasteiger partial charge is 0.325 e. The molecular weight excluding hydrogens is 286 g/mol. The van der Waals surface area contributed by atoms with E-state index >= 15 is 0 Å². The molecule has 2 N–H and O–H groups in total. The summed E-state index contributed by atoms with van der Waals surface area (Å²) in [5.41, 5.74) is 1.46. The van der Waals surface area contributed by atoms with Crippen molar-refractivity contribution in [1.82, 2.24) is 4.72 Å². The average molecular weight is 296 g/mol. The molecule has 0 amide bonds. The van der Waals surface area contributed by atoms with Gasteiger partial charge in [-0.1, -0.05) is 6.07 Å². The fourth-order valence-corrected chi connectivity index (χ4v) is 3.39. The zero-order valence-electron chi connectivity index (χ0n) is 8.46. The van der Waals surface area contributed by atoms with Gasteiger partial charge in [0.05, 0.1) is 16.1 Å². The molecule has 2 fully saturated rings. The summed E-state index contributed by atoms with van der Waals surface area (Å²) in [5.74, 6) is 1.80. The Balaban J connectivity index is 1.66. The topological polar surface area (TPSA) is 36.4 Å².